The second kappa shape index (κ2) is 8.04. The van der Waals surface area contributed by atoms with Crippen LogP contribution in [0.4, 0.5) is 0 Å². The van der Waals surface area contributed by atoms with Crippen molar-refractivity contribution >= 4 is 32.9 Å². The topological polar surface area (TPSA) is 128 Å². The molecule has 0 spiro atoms. The molecule has 2 bridgehead atoms. The van der Waals surface area contributed by atoms with Gasteiger partial charge in [-0.25, -0.2) is 13.4 Å². The van der Waals surface area contributed by atoms with E-state index in [9.17, 15) is 23.3 Å². The van der Waals surface area contributed by atoms with Gasteiger partial charge in [-0.2, -0.15) is 5.26 Å². The molecule has 2 N–H and O–H groups in total. The summed E-state index contributed by atoms with van der Waals surface area (Å²) in [6.07, 6.45) is 9.27. The van der Waals surface area contributed by atoms with E-state index in [1.165, 1.54) is 12.3 Å². The molecule has 2 unspecified atom stereocenters. The van der Waals surface area contributed by atoms with Crippen LogP contribution in [0.1, 0.15) is 40.7 Å². The van der Waals surface area contributed by atoms with Crippen molar-refractivity contribution in [2.24, 2.45) is 10.9 Å². The molecular weight excluding hydrogens is 440 g/mol. The van der Waals surface area contributed by atoms with Crippen LogP contribution in [0.3, 0.4) is 0 Å². The molecule has 2 aliphatic carbocycles. The van der Waals surface area contributed by atoms with Crippen molar-refractivity contribution in [1.29, 1.82) is 5.26 Å². The Bertz CT molecular complexity index is 1290. The van der Waals surface area contributed by atoms with Crippen LogP contribution in [0, 0.1) is 17.2 Å². The molecule has 5 rings (SSSR count). The summed E-state index contributed by atoms with van der Waals surface area (Å²) in [5, 5.41) is 15.0. The third kappa shape index (κ3) is 4.05. The SMILES string of the molecule is CS(=O)(=O)C1C=CC2=NC(=O)c3cc(CC(C#N)NC(=O)[C@H]4N[C@@H]5CC[C@H]4C5)ccc3C2=C1. The zero-order valence-electron chi connectivity index (χ0n) is 18.1. The molecule has 4 aliphatic rings. The largest absolute Gasteiger partial charge is 0.339 e. The third-order valence-electron chi connectivity index (χ3n) is 6.93. The Balaban J connectivity index is 1.35. The standard InChI is InChI=1S/C24H24N4O4S/c1-33(31,32)17-5-7-21-19(11-17)18-6-2-13(9-20(18)23(29)28-21)8-16(12-25)27-24(30)22-14-3-4-15(10-14)26-22/h2,5-7,9,11,14-17,22,26H,3-4,8,10H2,1H3,(H,27,30)/t14-,15+,16?,17?,22-/m0/s1. The first-order chi connectivity index (χ1) is 15.7. The first-order valence-corrected chi connectivity index (χ1v) is 13.0. The molecule has 1 aromatic rings. The number of carbonyl (C=O) groups is 2. The Kier molecular flexibility index (Phi) is 5.30. The molecule has 0 aromatic heterocycles. The number of rotatable bonds is 5. The molecule has 2 aliphatic heterocycles. The first-order valence-electron chi connectivity index (χ1n) is 11.0. The van der Waals surface area contributed by atoms with Gasteiger partial charge in [-0.1, -0.05) is 24.3 Å². The predicted molar refractivity (Wildman–Crippen MR) is 123 cm³/mol. The number of carbonyl (C=O) groups excluding carboxylic acids is 2. The number of nitriles is 1. The van der Waals surface area contributed by atoms with Crippen LogP contribution in [0.5, 0.6) is 0 Å². The van der Waals surface area contributed by atoms with E-state index in [2.05, 4.69) is 21.7 Å². The molecular formula is C24H24N4O4S. The maximum Gasteiger partial charge on any atom is 0.278 e. The fourth-order valence-electron chi connectivity index (χ4n) is 5.25. The van der Waals surface area contributed by atoms with Gasteiger partial charge in [-0.3, -0.25) is 9.59 Å². The van der Waals surface area contributed by atoms with Crippen LogP contribution in [-0.2, 0) is 21.1 Å². The summed E-state index contributed by atoms with van der Waals surface area (Å²) in [6.45, 7) is 0. The normalized spacial score (nSPS) is 28.3. The van der Waals surface area contributed by atoms with Crippen LogP contribution >= 0.6 is 0 Å². The van der Waals surface area contributed by atoms with Crippen molar-refractivity contribution in [1.82, 2.24) is 10.6 Å². The van der Waals surface area contributed by atoms with E-state index in [1.54, 1.807) is 30.4 Å². The lowest BCUT2D eigenvalue weighted by Gasteiger charge is -2.24. The van der Waals surface area contributed by atoms with E-state index in [0.717, 1.165) is 24.8 Å². The average Bonchev–Trinajstić information content (AvgIpc) is 3.42. The van der Waals surface area contributed by atoms with Crippen molar-refractivity contribution in [3.05, 3.63) is 53.1 Å². The van der Waals surface area contributed by atoms with Crippen molar-refractivity contribution in [2.75, 3.05) is 6.26 Å². The molecule has 2 amide bonds. The maximum absolute atomic E-state index is 12.7. The number of nitrogens with one attached hydrogen (secondary N) is 2. The number of sulfone groups is 1. The molecule has 1 saturated carbocycles. The Morgan fingerprint density at radius 2 is 2.15 bits per heavy atom. The van der Waals surface area contributed by atoms with Crippen LogP contribution in [0.25, 0.3) is 5.57 Å². The molecule has 33 heavy (non-hydrogen) atoms. The van der Waals surface area contributed by atoms with Gasteiger partial charge in [0.1, 0.15) is 6.04 Å². The van der Waals surface area contributed by atoms with Crippen LogP contribution in [-0.4, -0.2) is 55.6 Å². The maximum atomic E-state index is 12.7. The fourth-order valence-corrected chi connectivity index (χ4v) is 6.00. The van der Waals surface area contributed by atoms with Crippen LogP contribution < -0.4 is 10.6 Å². The highest BCUT2D eigenvalue weighted by Crippen LogP contribution is 2.35. The summed E-state index contributed by atoms with van der Waals surface area (Å²) >= 11 is 0. The third-order valence-corrected chi connectivity index (χ3v) is 8.21. The minimum atomic E-state index is -3.33. The van der Waals surface area contributed by atoms with E-state index in [-0.39, 0.29) is 18.4 Å². The smallest absolute Gasteiger partial charge is 0.278 e. The van der Waals surface area contributed by atoms with Gasteiger partial charge in [0.15, 0.2) is 9.84 Å². The lowest BCUT2D eigenvalue weighted by Crippen LogP contribution is -2.50. The number of piperidine rings is 1. The van der Waals surface area contributed by atoms with Crippen LogP contribution in [0.15, 0.2) is 41.4 Å². The molecule has 1 saturated heterocycles. The summed E-state index contributed by atoms with van der Waals surface area (Å²) < 4.78 is 24.0. The second-order valence-corrected chi connectivity index (χ2v) is 11.4. The quantitative estimate of drug-likeness (QED) is 0.677. The molecule has 8 nitrogen and oxygen atoms in total. The number of fused-ring (bicyclic) bond motifs is 5. The number of hydrogen-bond donors (Lipinski definition) is 2. The number of aliphatic imine (C=N–C) groups is 1. The fraction of sp³-hybridized carbons (Fsp3) is 0.417. The predicted octanol–water partition coefficient (Wildman–Crippen LogP) is 1.34. The van der Waals surface area contributed by atoms with Gasteiger partial charge >= 0.3 is 0 Å². The number of nitrogens with zero attached hydrogens (tertiary/aromatic N) is 2. The molecule has 5 atom stereocenters. The van der Waals surface area contributed by atoms with Crippen molar-refractivity contribution in [3.8, 4) is 6.07 Å². The minimum Gasteiger partial charge on any atom is -0.339 e. The van der Waals surface area contributed by atoms with E-state index in [0.29, 0.717) is 34.4 Å². The van der Waals surface area contributed by atoms with E-state index < -0.39 is 27.0 Å². The molecule has 0 radical (unpaired) electrons. The van der Waals surface area contributed by atoms with Gasteiger partial charge in [-0.05, 0) is 48.4 Å². The Morgan fingerprint density at radius 1 is 1.33 bits per heavy atom. The van der Waals surface area contributed by atoms with Crippen LogP contribution in [0.2, 0.25) is 0 Å². The molecule has 9 heteroatoms. The number of allylic oxidation sites excluding steroid dienone is 2. The van der Waals surface area contributed by atoms with E-state index in [4.69, 9.17) is 0 Å². The summed E-state index contributed by atoms with van der Waals surface area (Å²) in [4.78, 5) is 29.4. The Hall–Kier alpha value is -3.09. The Labute approximate surface area is 192 Å². The zero-order chi connectivity index (χ0) is 23.3. The van der Waals surface area contributed by atoms with Crippen molar-refractivity contribution in [3.63, 3.8) is 0 Å². The molecule has 170 valence electrons. The second-order valence-electron chi connectivity index (χ2n) is 9.22. The summed E-state index contributed by atoms with van der Waals surface area (Å²) in [5.74, 6) is -0.232. The monoisotopic (exact) mass is 464 g/mol. The van der Waals surface area contributed by atoms with Gasteiger partial charge in [0.05, 0.1) is 23.1 Å². The molecule has 2 fully saturated rings. The lowest BCUT2D eigenvalue weighted by molar-refractivity contribution is -0.124. The van der Waals surface area contributed by atoms with Gasteiger partial charge in [0.25, 0.3) is 5.91 Å². The zero-order valence-corrected chi connectivity index (χ0v) is 18.9. The number of amides is 2. The average molecular weight is 465 g/mol. The van der Waals surface area contributed by atoms with Gasteiger partial charge in [0, 0.05) is 29.9 Å². The lowest BCUT2D eigenvalue weighted by atomic mass is 9.88. The minimum absolute atomic E-state index is 0.150. The summed E-state index contributed by atoms with van der Waals surface area (Å²) in [5.41, 5.74) is 2.76. The van der Waals surface area contributed by atoms with Crippen molar-refractivity contribution < 1.29 is 18.0 Å². The Morgan fingerprint density at radius 3 is 2.82 bits per heavy atom. The summed E-state index contributed by atoms with van der Waals surface area (Å²) in [7, 11) is -3.33. The van der Waals surface area contributed by atoms with Gasteiger partial charge in [-0.15, -0.1) is 0 Å². The summed E-state index contributed by atoms with van der Waals surface area (Å²) in [6, 6.07) is 6.82. The van der Waals surface area contributed by atoms with E-state index in [1.807, 2.05) is 0 Å². The number of benzene rings is 1. The highest BCUT2D eigenvalue weighted by molar-refractivity contribution is 7.91. The molecule has 2 heterocycles. The van der Waals surface area contributed by atoms with Gasteiger partial charge in [0.2, 0.25) is 5.91 Å². The first kappa shape index (κ1) is 21.7. The van der Waals surface area contributed by atoms with Crippen molar-refractivity contribution in [2.45, 2.75) is 49.1 Å². The molecule has 1 aromatic carbocycles. The highest BCUT2D eigenvalue weighted by Gasteiger charge is 2.43. The van der Waals surface area contributed by atoms with Gasteiger partial charge < -0.3 is 10.6 Å². The highest BCUT2D eigenvalue weighted by atomic mass is 32.2. The van der Waals surface area contributed by atoms with E-state index >= 15 is 0 Å². The number of hydrogen-bond acceptors (Lipinski definition) is 6.